The van der Waals surface area contributed by atoms with Gasteiger partial charge in [0.2, 0.25) is 0 Å². The average Bonchev–Trinajstić information content (AvgIpc) is 2.71. The Morgan fingerprint density at radius 3 is 2.38 bits per heavy atom. The molecule has 2 rings (SSSR count). The van der Waals surface area contributed by atoms with Crippen LogP contribution in [-0.4, -0.2) is 32.8 Å². The first-order valence-electron chi connectivity index (χ1n) is 8.66. The van der Waals surface area contributed by atoms with Gasteiger partial charge in [-0.05, 0) is 49.2 Å². The highest BCUT2D eigenvalue weighted by molar-refractivity contribution is 5.97. The highest BCUT2D eigenvalue weighted by atomic mass is 16.6. The Balaban J connectivity index is 2.10. The fraction of sp³-hybridized carbons (Fsp3) is 0.227. The van der Waals surface area contributed by atoms with E-state index in [0.29, 0.717) is 11.3 Å². The van der Waals surface area contributed by atoms with Crippen molar-refractivity contribution in [2.75, 3.05) is 20.8 Å². The summed E-state index contributed by atoms with van der Waals surface area (Å²) in [5.41, 5.74) is 2.37. The van der Waals surface area contributed by atoms with E-state index in [2.05, 4.69) is 4.74 Å². The molecule has 0 aromatic heterocycles. The van der Waals surface area contributed by atoms with Crippen molar-refractivity contribution in [3.8, 4) is 23.3 Å². The molecule has 0 spiro atoms. The number of ether oxygens (including phenoxy) is 4. The number of aryl methyl sites for hydroxylation is 2. The molecule has 0 bridgehead atoms. The topological polar surface area (TPSA) is 94.9 Å². The lowest BCUT2D eigenvalue weighted by molar-refractivity contribution is -0.137. The lowest BCUT2D eigenvalue weighted by Crippen LogP contribution is -2.18. The van der Waals surface area contributed by atoms with Gasteiger partial charge in [0.1, 0.15) is 17.4 Å². The molecule has 0 saturated heterocycles. The van der Waals surface area contributed by atoms with Gasteiger partial charge in [-0.2, -0.15) is 5.26 Å². The molecular weight excluding hydrogens is 374 g/mol. The fourth-order valence-corrected chi connectivity index (χ4v) is 2.52. The van der Waals surface area contributed by atoms with E-state index in [9.17, 15) is 9.59 Å². The number of methoxy groups -OCH3 is 2. The highest BCUT2D eigenvalue weighted by Gasteiger charge is 2.14. The molecular formula is C22H21NO6. The van der Waals surface area contributed by atoms with Gasteiger partial charge in [-0.1, -0.05) is 23.8 Å². The summed E-state index contributed by atoms with van der Waals surface area (Å²) in [7, 11) is 2.61. The van der Waals surface area contributed by atoms with Crippen LogP contribution in [-0.2, 0) is 14.3 Å². The van der Waals surface area contributed by atoms with Gasteiger partial charge in [-0.3, -0.25) is 0 Å². The Morgan fingerprint density at radius 2 is 1.76 bits per heavy atom. The van der Waals surface area contributed by atoms with Crippen LogP contribution in [0.1, 0.15) is 16.7 Å². The second-order valence-electron chi connectivity index (χ2n) is 6.10. The van der Waals surface area contributed by atoms with Gasteiger partial charge in [-0.25, -0.2) is 9.59 Å². The van der Waals surface area contributed by atoms with E-state index in [1.807, 2.05) is 26.0 Å². The quantitative estimate of drug-likeness (QED) is 0.307. The molecule has 0 aliphatic carbocycles. The van der Waals surface area contributed by atoms with Gasteiger partial charge in [0.05, 0.1) is 14.2 Å². The van der Waals surface area contributed by atoms with Crippen LogP contribution in [0.5, 0.6) is 17.2 Å². The van der Waals surface area contributed by atoms with Crippen LogP contribution in [0.3, 0.4) is 0 Å². The maximum absolute atomic E-state index is 12.2. The standard InChI is InChI=1S/C22H21NO6/c1-14-5-7-18(15(2)9-14)28-13-21(24)29-19-8-6-16(11-20(19)26-3)10-17(12-23)22(25)27-4/h5-11H,13H2,1-4H3/b17-10+. The van der Waals surface area contributed by atoms with Gasteiger partial charge in [-0.15, -0.1) is 0 Å². The first kappa shape index (κ1) is 21.5. The van der Waals surface area contributed by atoms with E-state index < -0.39 is 11.9 Å². The molecule has 0 aliphatic heterocycles. The molecule has 0 heterocycles. The minimum atomic E-state index is -0.745. The summed E-state index contributed by atoms with van der Waals surface area (Å²) in [6.07, 6.45) is 1.35. The lowest BCUT2D eigenvalue weighted by Gasteiger charge is -2.12. The molecule has 150 valence electrons. The number of benzene rings is 2. The summed E-state index contributed by atoms with van der Waals surface area (Å²) in [6.45, 7) is 3.60. The Kier molecular flexibility index (Phi) is 7.38. The van der Waals surface area contributed by atoms with Crippen molar-refractivity contribution in [2.24, 2.45) is 0 Å². The summed E-state index contributed by atoms with van der Waals surface area (Å²) in [4.78, 5) is 23.7. The number of nitriles is 1. The molecule has 7 nitrogen and oxygen atoms in total. The van der Waals surface area contributed by atoms with Crippen LogP contribution in [0.2, 0.25) is 0 Å². The molecule has 0 N–H and O–H groups in total. The molecule has 0 radical (unpaired) electrons. The number of esters is 2. The van der Waals surface area contributed by atoms with E-state index in [-0.39, 0.29) is 23.7 Å². The Labute approximate surface area is 169 Å². The average molecular weight is 395 g/mol. The monoisotopic (exact) mass is 395 g/mol. The van der Waals surface area contributed by atoms with Crippen molar-refractivity contribution in [1.29, 1.82) is 5.26 Å². The van der Waals surface area contributed by atoms with Crippen LogP contribution in [0.4, 0.5) is 0 Å². The van der Waals surface area contributed by atoms with Gasteiger partial charge >= 0.3 is 11.9 Å². The maximum atomic E-state index is 12.2. The molecule has 0 aliphatic rings. The zero-order valence-corrected chi connectivity index (χ0v) is 16.6. The number of hydrogen-bond donors (Lipinski definition) is 0. The van der Waals surface area contributed by atoms with Crippen molar-refractivity contribution >= 4 is 18.0 Å². The third-order valence-corrected chi connectivity index (χ3v) is 3.92. The molecule has 0 fully saturated rings. The highest BCUT2D eigenvalue weighted by Crippen LogP contribution is 2.29. The summed E-state index contributed by atoms with van der Waals surface area (Å²) < 4.78 is 20.6. The first-order chi connectivity index (χ1) is 13.9. The minimum Gasteiger partial charge on any atom is -0.493 e. The van der Waals surface area contributed by atoms with E-state index >= 15 is 0 Å². The van der Waals surface area contributed by atoms with E-state index in [1.165, 1.54) is 32.4 Å². The Morgan fingerprint density at radius 1 is 1.03 bits per heavy atom. The summed E-state index contributed by atoms with van der Waals surface area (Å²) in [6, 6.07) is 12.0. The third kappa shape index (κ3) is 5.84. The number of carbonyl (C=O) groups excluding carboxylic acids is 2. The molecule has 0 unspecified atom stereocenters. The van der Waals surface area contributed by atoms with Crippen molar-refractivity contribution < 1.29 is 28.5 Å². The Bertz CT molecular complexity index is 987. The predicted molar refractivity (Wildman–Crippen MR) is 106 cm³/mol. The molecule has 29 heavy (non-hydrogen) atoms. The maximum Gasteiger partial charge on any atom is 0.349 e. The smallest absolute Gasteiger partial charge is 0.349 e. The van der Waals surface area contributed by atoms with Crippen LogP contribution in [0.15, 0.2) is 42.0 Å². The van der Waals surface area contributed by atoms with Gasteiger partial charge in [0, 0.05) is 0 Å². The van der Waals surface area contributed by atoms with Crippen LogP contribution in [0.25, 0.3) is 6.08 Å². The largest absolute Gasteiger partial charge is 0.493 e. The molecule has 0 saturated carbocycles. The zero-order valence-electron chi connectivity index (χ0n) is 16.6. The number of hydrogen-bond acceptors (Lipinski definition) is 7. The van der Waals surface area contributed by atoms with Crippen molar-refractivity contribution in [3.63, 3.8) is 0 Å². The molecule has 2 aromatic carbocycles. The van der Waals surface area contributed by atoms with Crippen LogP contribution < -0.4 is 14.2 Å². The Hall–Kier alpha value is -3.79. The van der Waals surface area contributed by atoms with E-state index in [4.69, 9.17) is 19.5 Å². The number of nitrogens with zero attached hydrogens (tertiary/aromatic N) is 1. The predicted octanol–water partition coefficient (Wildman–Crippen LogP) is 3.38. The third-order valence-electron chi connectivity index (χ3n) is 3.92. The van der Waals surface area contributed by atoms with Crippen molar-refractivity contribution in [2.45, 2.75) is 13.8 Å². The summed E-state index contributed by atoms with van der Waals surface area (Å²) >= 11 is 0. The number of carbonyl (C=O) groups is 2. The molecule has 0 atom stereocenters. The van der Waals surface area contributed by atoms with E-state index in [1.54, 1.807) is 18.2 Å². The molecule has 2 aromatic rings. The first-order valence-corrected chi connectivity index (χ1v) is 8.66. The fourth-order valence-electron chi connectivity index (χ4n) is 2.52. The van der Waals surface area contributed by atoms with Crippen LogP contribution in [0, 0.1) is 25.2 Å². The van der Waals surface area contributed by atoms with Gasteiger partial charge in [0.15, 0.2) is 18.1 Å². The van der Waals surface area contributed by atoms with Crippen LogP contribution >= 0.6 is 0 Å². The normalized spacial score (nSPS) is 10.7. The summed E-state index contributed by atoms with van der Waals surface area (Å²) in [5.74, 6) is -0.285. The lowest BCUT2D eigenvalue weighted by atomic mass is 10.1. The second kappa shape index (κ2) is 9.95. The van der Waals surface area contributed by atoms with E-state index in [0.717, 1.165) is 11.1 Å². The number of rotatable bonds is 7. The summed E-state index contributed by atoms with van der Waals surface area (Å²) in [5, 5.41) is 9.04. The molecule has 0 amide bonds. The van der Waals surface area contributed by atoms with Crippen molar-refractivity contribution in [1.82, 2.24) is 0 Å². The second-order valence-corrected chi connectivity index (χ2v) is 6.10. The van der Waals surface area contributed by atoms with Gasteiger partial charge < -0.3 is 18.9 Å². The molecule has 7 heteroatoms. The van der Waals surface area contributed by atoms with Crippen molar-refractivity contribution in [3.05, 3.63) is 58.7 Å². The van der Waals surface area contributed by atoms with Gasteiger partial charge in [0.25, 0.3) is 0 Å². The SMILES string of the molecule is COC(=O)/C(C#N)=C/c1ccc(OC(=O)COc2ccc(C)cc2C)c(OC)c1. The zero-order chi connectivity index (χ0) is 21.4. The minimum absolute atomic E-state index is 0.166.